The third kappa shape index (κ3) is 3.53. The van der Waals surface area contributed by atoms with Gasteiger partial charge in [0.1, 0.15) is 11.5 Å². The Morgan fingerprint density at radius 2 is 1.86 bits per heavy atom. The molecule has 0 spiro atoms. The van der Waals surface area contributed by atoms with Crippen molar-refractivity contribution in [2.75, 3.05) is 6.79 Å². The maximum atomic E-state index is 11.7. The smallest absolute Gasteiger partial charge is 0.468 e. The van der Waals surface area contributed by atoms with E-state index in [0.717, 1.165) is 12.1 Å². The molecule has 0 saturated heterocycles. The Labute approximate surface area is 77.7 Å². The summed E-state index contributed by atoms with van der Waals surface area (Å²) in [6, 6.07) is 4.90. The molecule has 0 aliphatic carbocycles. The first-order valence-electron chi connectivity index (χ1n) is 3.61. The van der Waals surface area contributed by atoms with Crippen molar-refractivity contribution in [3.63, 3.8) is 0 Å². The van der Waals surface area contributed by atoms with Crippen LogP contribution in [-0.4, -0.2) is 18.3 Å². The van der Waals surface area contributed by atoms with E-state index in [1.807, 2.05) is 0 Å². The first-order chi connectivity index (χ1) is 6.51. The highest BCUT2D eigenvalue weighted by Gasteiger charge is 2.31. The maximum Gasteiger partial charge on any atom is 0.573 e. The number of aliphatic hydroxyl groups is 1. The number of halogens is 3. The minimum absolute atomic E-state index is 0.106. The summed E-state index contributed by atoms with van der Waals surface area (Å²) in [5.74, 6) is -0.280. The van der Waals surface area contributed by atoms with Crippen molar-refractivity contribution in [1.82, 2.24) is 0 Å². The van der Waals surface area contributed by atoms with Crippen LogP contribution < -0.4 is 9.47 Å². The van der Waals surface area contributed by atoms with Crippen LogP contribution in [0.5, 0.6) is 11.5 Å². The van der Waals surface area contributed by atoms with Crippen molar-refractivity contribution in [2.45, 2.75) is 6.36 Å². The van der Waals surface area contributed by atoms with Crippen LogP contribution in [0.4, 0.5) is 13.2 Å². The van der Waals surface area contributed by atoms with E-state index in [4.69, 9.17) is 5.11 Å². The third-order valence-corrected chi connectivity index (χ3v) is 1.27. The lowest BCUT2D eigenvalue weighted by atomic mass is 10.3. The zero-order valence-electron chi connectivity index (χ0n) is 6.91. The van der Waals surface area contributed by atoms with Crippen LogP contribution >= 0.6 is 0 Å². The van der Waals surface area contributed by atoms with Gasteiger partial charge >= 0.3 is 6.36 Å². The lowest BCUT2D eigenvalue weighted by molar-refractivity contribution is -0.274. The van der Waals surface area contributed by atoms with E-state index >= 15 is 0 Å². The van der Waals surface area contributed by atoms with Gasteiger partial charge in [0.15, 0.2) is 6.79 Å². The van der Waals surface area contributed by atoms with Crippen molar-refractivity contribution in [1.29, 1.82) is 0 Å². The van der Waals surface area contributed by atoms with Gasteiger partial charge in [0.25, 0.3) is 0 Å². The van der Waals surface area contributed by atoms with Gasteiger partial charge < -0.3 is 14.6 Å². The summed E-state index contributed by atoms with van der Waals surface area (Å²) in [6.45, 7) is -0.602. The quantitative estimate of drug-likeness (QED) is 0.771. The molecule has 1 aromatic carbocycles. The van der Waals surface area contributed by atoms with Crippen LogP contribution in [0.2, 0.25) is 0 Å². The molecule has 78 valence electrons. The molecule has 0 heterocycles. The fraction of sp³-hybridized carbons (Fsp3) is 0.250. The van der Waals surface area contributed by atoms with E-state index in [9.17, 15) is 13.2 Å². The van der Waals surface area contributed by atoms with E-state index in [0.29, 0.717) is 0 Å². The van der Waals surface area contributed by atoms with Gasteiger partial charge in [-0.25, -0.2) is 0 Å². The van der Waals surface area contributed by atoms with Crippen LogP contribution in [0.3, 0.4) is 0 Å². The first kappa shape index (κ1) is 10.6. The number of hydrogen-bond donors (Lipinski definition) is 1. The Hall–Kier alpha value is -1.43. The third-order valence-electron chi connectivity index (χ3n) is 1.27. The molecule has 0 fully saturated rings. The molecule has 0 saturated carbocycles. The molecule has 1 aromatic rings. The fourth-order valence-electron chi connectivity index (χ4n) is 0.836. The molecule has 0 aromatic heterocycles. The van der Waals surface area contributed by atoms with Gasteiger partial charge in [0, 0.05) is 6.07 Å². The number of hydrogen-bond acceptors (Lipinski definition) is 3. The summed E-state index contributed by atoms with van der Waals surface area (Å²) in [5.41, 5.74) is 0. The van der Waals surface area contributed by atoms with Gasteiger partial charge in [0.05, 0.1) is 0 Å². The van der Waals surface area contributed by atoms with E-state index in [1.165, 1.54) is 12.1 Å². The van der Waals surface area contributed by atoms with E-state index < -0.39 is 13.2 Å². The van der Waals surface area contributed by atoms with Crippen LogP contribution in [0.25, 0.3) is 0 Å². The van der Waals surface area contributed by atoms with Gasteiger partial charge in [-0.15, -0.1) is 13.2 Å². The van der Waals surface area contributed by atoms with Crippen molar-refractivity contribution in [3.8, 4) is 11.5 Å². The van der Waals surface area contributed by atoms with Crippen LogP contribution in [-0.2, 0) is 0 Å². The summed E-state index contributed by atoms with van der Waals surface area (Å²) in [5, 5.41) is 8.36. The van der Waals surface area contributed by atoms with E-state index in [2.05, 4.69) is 9.47 Å². The second-order valence-electron chi connectivity index (χ2n) is 2.30. The molecule has 0 amide bonds. The normalized spacial score (nSPS) is 11.1. The monoisotopic (exact) mass is 208 g/mol. The van der Waals surface area contributed by atoms with Gasteiger partial charge in [-0.05, 0) is 12.1 Å². The van der Waals surface area contributed by atoms with Gasteiger partial charge in [-0.1, -0.05) is 6.07 Å². The highest BCUT2D eigenvalue weighted by Crippen LogP contribution is 2.25. The molecule has 6 heteroatoms. The molecule has 0 unspecified atom stereocenters. The van der Waals surface area contributed by atoms with Crippen molar-refractivity contribution < 1.29 is 27.8 Å². The summed E-state index contributed by atoms with van der Waals surface area (Å²) in [7, 11) is 0. The molecular formula is C8H7F3O3. The second kappa shape index (κ2) is 4.19. The lowest BCUT2D eigenvalue weighted by Crippen LogP contribution is -2.17. The molecule has 1 N–H and O–H groups in total. The van der Waals surface area contributed by atoms with Crippen molar-refractivity contribution in [2.24, 2.45) is 0 Å². The average molecular weight is 208 g/mol. The lowest BCUT2D eigenvalue weighted by Gasteiger charge is -2.09. The number of aliphatic hydroxyl groups excluding tert-OH is 1. The van der Waals surface area contributed by atoms with Crippen LogP contribution in [0, 0.1) is 0 Å². The van der Waals surface area contributed by atoms with Crippen LogP contribution in [0.1, 0.15) is 0 Å². The fourth-order valence-corrected chi connectivity index (χ4v) is 0.836. The number of ether oxygens (including phenoxy) is 2. The summed E-state index contributed by atoms with van der Waals surface area (Å²) in [6.07, 6.45) is -4.72. The number of alkyl halides is 3. The van der Waals surface area contributed by atoms with E-state index in [-0.39, 0.29) is 11.5 Å². The Kier molecular flexibility index (Phi) is 3.19. The maximum absolute atomic E-state index is 11.7. The zero-order valence-corrected chi connectivity index (χ0v) is 6.91. The zero-order chi connectivity index (χ0) is 10.6. The molecule has 0 atom stereocenters. The predicted octanol–water partition coefficient (Wildman–Crippen LogP) is 1.91. The predicted molar refractivity (Wildman–Crippen MR) is 40.8 cm³/mol. The summed E-state index contributed by atoms with van der Waals surface area (Å²) < 4.78 is 43.4. The highest BCUT2D eigenvalue weighted by atomic mass is 19.4. The summed E-state index contributed by atoms with van der Waals surface area (Å²) >= 11 is 0. The molecule has 0 aliphatic rings. The molecule has 0 aliphatic heterocycles. The second-order valence-corrected chi connectivity index (χ2v) is 2.30. The topological polar surface area (TPSA) is 38.7 Å². The molecule has 0 radical (unpaired) electrons. The minimum atomic E-state index is -4.72. The Morgan fingerprint density at radius 1 is 1.21 bits per heavy atom. The summed E-state index contributed by atoms with van der Waals surface area (Å²) in [4.78, 5) is 0. The Bertz CT molecular complexity index is 298. The van der Waals surface area contributed by atoms with Gasteiger partial charge in [0.2, 0.25) is 0 Å². The molecule has 14 heavy (non-hydrogen) atoms. The standard InChI is InChI=1S/C8H7F3O3/c9-8(10,11)14-7-3-1-2-6(4-7)13-5-12/h1-4,12H,5H2. The van der Waals surface area contributed by atoms with Gasteiger partial charge in [-0.3, -0.25) is 0 Å². The minimum Gasteiger partial charge on any atom is -0.468 e. The Morgan fingerprint density at radius 3 is 2.43 bits per heavy atom. The molecule has 3 nitrogen and oxygen atoms in total. The Balaban J connectivity index is 2.73. The van der Waals surface area contributed by atoms with Crippen molar-refractivity contribution in [3.05, 3.63) is 24.3 Å². The average Bonchev–Trinajstić information content (AvgIpc) is 2.02. The number of benzene rings is 1. The van der Waals surface area contributed by atoms with E-state index in [1.54, 1.807) is 0 Å². The molecule has 1 rings (SSSR count). The number of rotatable bonds is 3. The van der Waals surface area contributed by atoms with Crippen LogP contribution in [0.15, 0.2) is 24.3 Å². The SMILES string of the molecule is OCOc1cccc(OC(F)(F)F)c1. The first-order valence-corrected chi connectivity index (χ1v) is 3.61. The van der Waals surface area contributed by atoms with Gasteiger partial charge in [-0.2, -0.15) is 0 Å². The highest BCUT2D eigenvalue weighted by molar-refractivity contribution is 5.32. The molecular weight excluding hydrogens is 201 g/mol. The molecule has 0 bridgehead atoms. The van der Waals surface area contributed by atoms with Crippen molar-refractivity contribution >= 4 is 0 Å². The largest absolute Gasteiger partial charge is 0.573 e.